The summed E-state index contributed by atoms with van der Waals surface area (Å²) in [6.07, 6.45) is 1.63. The third-order valence-corrected chi connectivity index (χ3v) is 2.39. The van der Waals surface area contributed by atoms with E-state index < -0.39 is 6.10 Å². The average Bonchev–Trinajstić information content (AvgIpc) is 2.07. The summed E-state index contributed by atoms with van der Waals surface area (Å²) in [5.74, 6) is 0.0292. The third kappa shape index (κ3) is 1.64. The minimum atomic E-state index is -0.480. The molecule has 1 N–H and O–H groups in total. The van der Waals surface area contributed by atoms with Crippen molar-refractivity contribution in [1.29, 1.82) is 0 Å². The van der Waals surface area contributed by atoms with Crippen molar-refractivity contribution in [3.8, 4) is 0 Å². The summed E-state index contributed by atoms with van der Waals surface area (Å²) in [5.41, 5.74) is 2.52. The predicted molar refractivity (Wildman–Crippen MR) is 47.8 cm³/mol. The maximum absolute atomic E-state index is 11.3. The molecule has 0 aliphatic heterocycles. The predicted octanol–water partition coefficient (Wildman–Crippen LogP) is 1.60. The van der Waals surface area contributed by atoms with Gasteiger partial charge in [0.25, 0.3) is 0 Å². The molecule has 0 amide bonds. The second-order valence-corrected chi connectivity index (χ2v) is 3.38. The molecule has 0 fully saturated rings. The van der Waals surface area contributed by atoms with Gasteiger partial charge in [-0.15, -0.1) is 0 Å². The van der Waals surface area contributed by atoms with Crippen molar-refractivity contribution in [3.63, 3.8) is 0 Å². The fraction of sp³-hybridized carbons (Fsp3) is 0.500. The van der Waals surface area contributed by atoms with Gasteiger partial charge in [0.1, 0.15) is 0 Å². The van der Waals surface area contributed by atoms with Crippen LogP contribution >= 0.6 is 0 Å². The molecule has 0 spiro atoms. The number of aliphatic hydroxyl groups excluding tert-OH is 1. The van der Waals surface area contributed by atoms with Crippen molar-refractivity contribution >= 4 is 5.78 Å². The third-order valence-electron chi connectivity index (χ3n) is 2.39. The number of hydrogen-bond acceptors (Lipinski definition) is 2. The smallest absolute Gasteiger partial charge is 0.181 e. The van der Waals surface area contributed by atoms with Gasteiger partial charge in [-0.05, 0) is 44.4 Å². The molecule has 1 rings (SSSR count). The van der Waals surface area contributed by atoms with Crippen LogP contribution in [0.1, 0.15) is 27.2 Å². The van der Waals surface area contributed by atoms with Crippen LogP contribution in [0.4, 0.5) is 0 Å². The van der Waals surface area contributed by atoms with E-state index in [1.54, 1.807) is 13.8 Å². The van der Waals surface area contributed by atoms with E-state index in [1.165, 1.54) is 6.08 Å². The number of carbonyl (C=O) groups is 1. The molecule has 1 atom stereocenters. The van der Waals surface area contributed by atoms with E-state index in [0.717, 1.165) is 16.7 Å². The Labute approximate surface area is 72.6 Å². The van der Waals surface area contributed by atoms with Crippen LogP contribution in [0, 0.1) is 0 Å². The van der Waals surface area contributed by atoms with Crippen LogP contribution in [0.2, 0.25) is 0 Å². The largest absolute Gasteiger partial charge is 0.388 e. The summed E-state index contributed by atoms with van der Waals surface area (Å²) in [6.45, 7) is 5.48. The molecule has 0 aromatic carbocycles. The number of allylic oxidation sites excluding steroid dienone is 2. The van der Waals surface area contributed by atoms with Gasteiger partial charge in [0, 0.05) is 0 Å². The van der Waals surface area contributed by atoms with Crippen LogP contribution in [-0.4, -0.2) is 17.0 Å². The normalized spacial score (nSPS) is 25.5. The lowest BCUT2D eigenvalue weighted by molar-refractivity contribution is -0.111. The molecule has 1 aliphatic carbocycles. The van der Waals surface area contributed by atoms with E-state index in [0.29, 0.717) is 6.42 Å². The lowest BCUT2D eigenvalue weighted by atomic mass is 10.0. The Balaban J connectivity index is 3.05. The first-order valence-corrected chi connectivity index (χ1v) is 4.09. The summed E-state index contributed by atoms with van der Waals surface area (Å²) in [7, 11) is 0. The van der Waals surface area contributed by atoms with Gasteiger partial charge in [0.05, 0.1) is 6.10 Å². The summed E-state index contributed by atoms with van der Waals surface area (Å²) in [4.78, 5) is 11.3. The molecule has 0 aromatic heterocycles. The van der Waals surface area contributed by atoms with E-state index in [4.69, 9.17) is 0 Å². The first-order valence-electron chi connectivity index (χ1n) is 4.09. The monoisotopic (exact) mass is 166 g/mol. The zero-order valence-electron chi connectivity index (χ0n) is 7.72. The van der Waals surface area contributed by atoms with Gasteiger partial charge in [-0.2, -0.15) is 0 Å². The highest BCUT2D eigenvalue weighted by Gasteiger charge is 2.16. The van der Waals surface area contributed by atoms with Crippen LogP contribution in [0.25, 0.3) is 0 Å². The number of aliphatic hydroxyl groups is 1. The van der Waals surface area contributed by atoms with Crippen molar-refractivity contribution in [3.05, 3.63) is 22.8 Å². The quantitative estimate of drug-likeness (QED) is 0.593. The molecule has 0 aromatic rings. The SMILES string of the molecule is CC1=CC(=O)C(C)=C(C)C[C@H]1O. The molecule has 2 heteroatoms. The van der Waals surface area contributed by atoms with E-state index >= 15 is 0 Å². The summed E-state index contributed by atoms with van der Waals surface area (Å²) >= 11 is 0. The first-order chi connectivity index (χ1) is 5.52. The molecule has 0 radical (unpaired) electrons. The van der Waals surface area contributed by atoms with Gasteiger partial charge in [0.15, 0.2) is 5.78 Å². The maximum Gasteiger partial charge on any atom is 0.181 e. The van der Waals surface area contributed by atoms with Crippen molar-refractivity contribution in [1.82, 2.24) is 0 Å². The molecule has 0 heterocycles. The van der Waals surface area contributed by atoms with Crippen LogP contribution in [0.3, 0.4) is 0 Å². The Hall–Kier alpha value is -0.890. The van der Waals surface area contributed by atoms with Crippen LogP contribution < -0.4 is 0 Å². The summed E-state index contributed by atoms with van der Waals surface area (Å²) in [6, 6.07) is 0. The Morgan fingerprint density at radius 2 is 2.00 bits per heavy atom. The van der Waals surface area contributed by atoms with Gasteiger partial charge in [-0.25, -0.2) is 0 Å². The van der Waals surface area contributed by atoms with Crippen LogP contribution in [-0.2, 0) is 4.79 Å². The molecular weight excluding hydrogens is 152 g/mol. The number of carbonyl (C=O) groups excluding carboxylic acids is 1. The van der Waals surface area contributed by atoms with Gasteiger partial charge < -0.3 is 5.11 Å². The summed E-state index contributed by atoms with van der Waals surface area (Å²) in [5, 5.41) is 9.51. The van der Waals surface area contributed by atoms with E-state index in [1.807, 2.05) is 6.92 Å². The molecule has 0 unspecified atom stereocenters. The topological polar surface area (TPSA) is 37.3 Å². The highest BCUT2D eigenvalue weighted by Crippen LogP contribution is 2.20. The Bertz CT molecular complexity index is 272. The van der Waals surface area contributed by atoms with Gasteiger partial charge in [-0.3, -0.25) is 4.79 Å². The minimum absolute atomic E-state index is 0.0292. The number of hydrogen-bond donors (Lipinski definition) is 1. The van der Waals surface area contributed by atoms with Gasteiger partial charge in [-0.1, -0.05) is 5.57 Å². The van der Waals surface area contributed by atoms with Crippen molar-refractivity contribution in [2.75, 3.05) is 0 Å². The molecule has 0 saturated heterocycles. The second-order valence-electron chi connectivity index (χ2n) is 3.38. The fourth-order valence-electron chi connectivity index (χ4n) is 1.23. The molecule has 2 nitrogen and oxygen atoms in total. The molecule has 1 aliphatic rings. The molecule has 66 valence electrons. The highest BCUT2D eigenvalue weighted by molar-refractivity contribution is 6.04. The molecular formula is C10H14O2. The summed E-state index contributed by atoms with van der Waals surface area (Å²) < 4.78 is 0. The zero-order valence-corrected chi connectivity index (χ0v) is 7.72. The average molecular weight is 166 g/mol. The molecule has 0 saturated carbocycles. The van der Waals surface area contributed by atoms with Crippen LogP contribution in [0.5, 0.6) is 0 Å². The van der Waals surface area contributed by atoms with Gasteiger partial charge >= 0.3 is 0 Å². The highest BCUT2D eigenvalue weighted by atomic mass is 16.3. The zero-order chi connectivity index (χ0) is 9.30. The lowest BCUT2D eigenvalue weighted by Gasteiger charge is -2.08. The van der Waals surface area contributed by atoms with Crippen molar-refractivity contribution in [2.45, 2.75) is 33.3 Å². The Kier molecular flexibility index (Phi) is 2.48. The maximum atomic E-state index is 11.3. The van der Waals surface area contributed by atoms with E-state index in [9.17, 15) is 9.90 Å². The van der Waals surface area contributed by atoms with Crippen LogP contribution in [0.15, 0.2) is 22.8 Å². The number of ketones is 1. The fourth-order valence-corrected chi connectivity index (χ4v) is 1.23. The standard InChI is InChI=1S/C10H14O2/c1-6-4-9(11)7(2)5-10(12)8(6)3/h5,9,11H,4H2,1-3H3/t9-/m1/s1. The Morgan fingerprint density at radius 1 is 1.42 bits per heavy atom. The number of rotatable bonds is 0. The second kappa shape index (κ2) is 3.23. The molecule has 0 bridgehead atoms. The van der Waals surface area contributed by atoms with Crippen molar-refractivity contribution in [2.24, 2.45) is 0 Å². The van der Waals surface area contributed by atoms with Crippen molar-refractivity contribution < 1.29 is 9.90 Å². The Morgan fingerprint density at radius 3 is 2.58 bits per heavy atom. The van der Waals surface area contributed by atoms with E-state index in [2.05, 4.69) is 0 Å². The lowest BCUT2D eigenvalue weighted by Crippen LogP contribution is -2.07. The first kappa shape index (κ1) is 9.20. The van der Waals surface area contributed by atoms with Gasteiger partial charge in [0.2, 0.25) is 0 Å². The minimum Gasteiger partial charge on any atom is -0.388 e. The molecule has 12 heavy (non-hydrogen) atoms. The van der Waals surface area contributed by atoms with E-state index in [-0.39, 0.29) is 5.78 Å².